The minimum absolute atomic E-state index is 0.0933. The van der Waals surface area contributed by atoms with E-state index in [9.17, 15) is 27.2 Å². The number of imide groups is 1. The molecule has 1 N–H and O–H groups in total. The van der Waals surface area contributed by atoms with Crippen molar-refractivity contribution in [1.29, 1.82) is 0 Å². The minimum Gasteiger partial charge on any atom is -0.490 e. The summed E-state index contributed by atoms with van der Waals surface area (Å²) in [6.45, 7) is 3.57. The summed E-state index contributed by atoms with van der Waals surface area (Å²) in [5.41, 5.74) is 0.608. The Morgan fingerprint density at radius 3 is 2.67 bits per heavy atom. The molecule has 2 fully saturated rings. The van der Waals surface area contributed by atoms with E-state index in [4.69, 9.17) is 9.47 Å². The summed E-state index contributed by atoms with van der Waals surface area (Å²) < 4.78 is 52.1. The summed E-state index contributed by atoms with van der Waals surface area (Å²) >= 11 is 0. The summed E-state index contributed by atoms with van der Waals surface area (Å²) in [5.74, 6) is -0.917. The van der Waals surface area contributed by atoms with Crippen LogP contribution in [0.4, 0.5) is 9.18 Å². The normalized spacial score (nSPS) is 17.0. The van der Waals surface area contributed by atoms with Crippen molar-refractivity contribution in [1.82, 2.24) is 14.5 Å². The largest absolute Gasteiger partial charge is 0.490 e. The summed E-state index contributed by atoms with van der Waals surface area (Å²) in [6, 6.07) is 3.27. The van der Waals surface area contributed by atoms with Gasteiger partial charge in [-0.05, 0) is 56.2 Å². The van der Waals surface area contributed by atoms with Gasteiger partial charge in [0.25, 0.3) is 5.91 Å². The average Bonchev–Trinajstić information content (AvgIpc) is 3.62. The molecule has 0 unspecified atom stereocenters. The molecule has 12 heteroatoms. The fraction of sp³-hybridized carbons (Fsp3) is 0.625. The highest BCUT2D eigenvalue weighted by Crippen LogP contribution is 2.31. The molecule has 0 aromatic heterocycles. The number of nitrogens with one attached hydrogen (secondary N) is 1. The zero-order valence-electron chi connectivity index (χ0n) is 20.7. The number of carbonyl (C=O) groups excluding carboxylic acids is 3. The highest BCUT2D eigenvalue weighted by molar-refractivity contribution is 7.89. The van der Waals surface area contributed by atoms with E-state index in [0.29, 0.717) is 43.9 Å². The Labute approximate surface area is 211 Å². The monoisotopic (exact) mass is 527 g/mol. The van der Waals surface area contributed by atoms with Gasteiger partial charge in [0.1, 0.15) is 6.54 Å². The summed E-state index contributed by atoms with van der Waals surface area (Å²) in [5, 5.41) is 0. The van der Waals surface area contributed by atoms with Crippen LogP contribution in [0, 0.1) is 11.7 Å². The van der Waals surface area contributed by atoms with Crippen molar-refractivity contribution in [2.45, 2.75) is 58.4 Å². The Morgan fingerprint density at radius 1 is 1.22 bits per heavy atom. The molecular formula is C24H34FN3O7S. The van der Waals surface area contributed by atoms with Gasteiger partial charge in [0.05, 0.1) is 12.4 Å². The molecule has 1 heterocycles. The number of esters is 1. The molecule has 0 spiro atoms. The van der Waals surface area contributed by atoms with Crippen LogP contribution >= 0.6 is 0 Å². The smallest absolute Gasteiger partial charge is 0.330 e. The molecule has 2 aliphatic rings. The Morgan fingerprint density at radius 2 is 1.97 bits per heavy atom. The number of amides is 3. The molecule has 1 aromatic rings. The number of carbonyl (C=O) groups is 3. The summed E-state index contributed by atoms with van der Waals surface area (Å²) in [4.78, 5) is 37.8. The lowest BCUT2D eigenvalue weighted by Gasteiger charge is -2.17. The van der Waals surface area contributed by atoms with Crippen molar-refractivity contribution < 1.29 is 36.7 Å². The highest BCUT2D eigenvalue weighted by atomic mass is 32.2. The van der Waals surface area contributed by atoms with E-state index < -0.39 is 46.5 Å². The first-order valence-corrected chi connectivity index (χ1v) is 13.9. The van der Waals surface area contributed by atoms with Gasteiger partial charge < -0.3 is 14.4 Å². The molecule has 1 atom stereocenters. The third-order valence-electron chi connectivity index (χ3n) is 6.10. The van der Waals surface area contributed by atoms with Crippen LogP contribution in [0.3, 0.4) is 0 Å². The number of rotatable bonds is 15. The van der Waals surface area contributed by atoms with Crippen molar-refractivity contribution in [3.05, 3.63) is 29.6 Å². The van der Waals surface area contributed by atoms with Gasteiger partial charge >= 0.3 is 12.0 Å². The second-order valence-electron chi connectivity index (χ2n) is 9.19. The fourth-order valence-corrected chi connectivity index (χ4v) is 5.07. The lowest BCUT2D eigenvalue weighted by Crippen LogP contribution is -2.36. The van der Waals surface area contributed by atoms with E-state index in [1.165, 1.54) is 23.1 Å². The van der Waals surface area contributed by atoms with Gasteiger partial charge in [-0.3, -0.25) is 9.59 Å². The predicted molar refractivity (Wildman–Crippen MR) is 129 cm³/mol. The van der Waals surface area contributed by atoms with Crippen LogP contribution < -0.4 is 9.46 Å². The molecule has 200 valence electrons. The zero-order chi connectivity index (χ0) is 26.3. The maximum absolute atomic E-state index is 14.0. The molecule has 1 aromatic carbocycles. The lowest BCUT2D eigenvalue weighted by atomic mass is 10.1. The van der Waals surface area contributed by atoms with Gasteiger partial charge in [-0.15, -0.1) is 0 Å². The van der Waals surface area contributed by atoms with Gasteiger partial charge in [0, 0.05) is 19.0 Å². The van der Waals surface area contributed by atoms with E-state index in [0.717, 1.165) is 17.7 Å². The number of hydrogen-bond acceptors (Lipinski definition) is 7. The minimum atomic E-state index is -3.59. The molecule has 3 rings (SSSR count). The van der Waals surface area contributed by atoms with E-state index in [2.05, 4.69) is 4.72 Å². The highest BCUT2D eigenvalue weighted by Gasteiger charge is 2.36. The third-order valence-corrected chi connectivity index (χ3v) is 7.63. The van der Waals surface area contributed by atoms with Crippen LogP contribution in [0.2, 0.25) is 0 Å². The van der Waals surface area contributed by atoms with E-state index in [1.54, 1.807) is 13.8 Å². The average molecular weight is 528 g/mol. The van der Waals surface area contributed by atoms with Crippen LogP contribution in [0.1, 0.15) is 64.0 Å². The number of sulfonamides is 1. The Hall–Kier alpha value is -2.73. The van der Waals surface area contributed by atoms with Gasteiger partial charge in [0.15, 0.2) is 18.3 Å². The topological polar surface area (TPSA) is 122 Å². The maximum atomic E-state index is 14.0. The van der Waals surface area contributed by atoms with Crippen molar-refractivity contribution >= 4 is 27.9 Å². The van der Waals surface area contributed by atoms with E-state index in [1.807, 2.05) is 0 Å². The molecule has 1 saturated heterocycles. The number of ether oxygens (including phenoxy) is 2. The molecule has 1 aliphatic heterocycles. The second kappa shape index (κ2) is 12.5. The maximum Gasteiger partial charge on any atom is 0.330 e. The standard InChI is InChI=1S/C24H34FN3O7S/c1-3-23(30)35-16-28-22(29)14-27(24(28)31)11-5-4-6-12-36(32,33)26-17(2)19-9-10-20(25)21(13-19)34-15-18-7-8-18/h9-10,13,17-18,26H,3-8,11-12,14-16H2,1-2H3/t17-/m1/s1. The summed E-state index contributed by atoms with van der Waals surface area (Å²) in [6.07, 6.45) is 3.74. The first-order valence-electron chi connectivity index (χ1n) is 12.3. The molecule has 3 amide bonds. The molecule has 0 radical (unpaired) electrons. The van der Waals surface area contributed by atoms with Crippen LogP contribution in [0.15, 0.2) is 18.2 Å². The molecule has 10 nitrogen and oxygen atoms in total. The van der Waals surface area contributed by atoms with Crippen LogP contribution in [0.25, 0.3) is 0 Å². The lowest BCUT2D eigenvalue weighted by molar-refractivity contribution is -0.148. The van der Waals surface area contributed by atoms with Crippen LogP contribution in [-0.2, 0) is 24.3 Å². The number of benzene rings is 1. The van der Waals surface area contributed by atoms with Gasteiger partial charge in [-0.1, -0.05) is 19.4 Å². The first-order chi connectivity index (χ1) is 17.1. The fourth-order valence-electron chi connectivity index (χ4n) is 3.69. The van der Waals surface area contributed by atoms with E-state index in [-0.39, 0.29) is 24.5 Å². The van der Waals surface area contributed by atoms with E-state index >= 15 is 0 Å². The SMILES string of the molecule is CCC(=O)OCN1C(=O)CN(CCCCCS(=O)(=O)N[C@H](C)c2ccc(F)c(OCC3CC3)c2)C1=O. The molecule has 36 heavy (non-hydrogen) atoms. The Bertz CT molecular complexity index is 1060. The Kier molecular flexibility index (Phi) is 9.66. The summed E-state index contributed by atoms with van der Waals surface area (Å²) in [7, 11) is -3.59. The van der Waals surface area contributed by atoms with Gasteiger partial charge in [-0.2, -0.15) is 0 Å². The molecule has 1 aliphatic carbocycles. The predicted octanol–water partition coefficient (Wildman–Crippen LogP) is 2.94. The number of hydrogen-bond donors (Lipinski definition) is 1. The number of unbranched alkanes of at least 4 members (excludes halogenated alkanes) is 2. The third kappa shape index (κ3) is 8.16. The number of halogens is 1. The second-order valence-corrected chi connectivity index (χ2v) is 11.1. The molecule has 0 bridgehead atoms. The van der Waals surface area contributed by atoms with Gasteiger partial charge in [0.2, 0.25) is 10.0 Å². The van der Waals surface area contributed by atoms with Crippen LogP contribution in [0.5, 0.6) is 5.75 Å². The number of nitrogens with zero attached hydrogens (tertiary/aromatic N) is 2. The molecule has 1 saturated carbocycles. The molecular weight excluding hydrogens is 493 g/mol. The quantitative estimate of drug-likeness (QED) is 0.211. The zero-order valence-corrected chi connectivity index (χ0v) is 21.5. The number of urea groups is 1. The van der Waals surface area contributed by atoms with Crippen molar-refractivity contribution in [2.24, 2.45) is 5.92 Å². The Balaban J connectivity index is 1.38. The van der Waals surface area contributed by atoms with Crippen molar-refractivity contribution in [3.8, 4) is 5.75 Å². The van der Waals surface area contributed by atoms with Crippen molar-refractivity contribution in [2.75, 3.05) is 32.2 Å². The van der Waals surface area contributed by atoms with Gasteiger partial charge in [-0.25, -0.2) is 27.2 Å². The van der Waals surface area contributed by atoms with Crippen molar-refractivity contribution in [3.63, 3.8) is 0 Å². The van der Waals surface area contributed by atoms with Crippen LogP contribution in [-0.4, -0.2) is 68.3 Å². The first kappa shape index (κ1) is 27.9.